The highest BCUT2D eigenvalue weighted by Gasteiger charge is 2.10. The third-order valence-electron chi connectivity index (χ3n) is 3.40. The Hall–Kier alpha value is -2.69. The highest BCUT2D eigenvalue weighted by molar-refractivity contribution is 5.94. The number of carbonyl (C=O) groups excluding carboxylic acids is 1. The number of ether oxygens (including phenoxy) is 1. The number of hydrogen-bond acceptors (Lipinski definition) is 3. The van der Waals surface area contributed by atoms with Gasteiger partial charge in [0.05, 0.1) is 30.4 Å². The van der Waals surface area contributed by atoms with E-state index in [2.05, 4.69) is 5.10 Å². The quantitative estimate of drug-likeness (QED) is 0.693. The monoisotopic (exact) mass is 298 g/mol. The van der Waals surface area contributed by atoms with Crippen LogP contribution in [0.1, 0.15) is 22.8 Å². The van der Waals surface area contributed by atoms with Crippen LogP contribution >= 0.6 is 0 Å². The lowest BCUT2D eigenvalue weighted by Gasteiger charge is -2.05. The molecule has 1 heterocycles. The van der Waals surface area contributed by atoms with E-state index < -0.39 is 0 Å². The molecular formula is C17H15FN2O2. The van der Waals surface area contributed by atoms with Crippen LogP contribution in [0.25, 0.3) is 10.9 Å². The summed E-state index contributed by atoms with van der Waals surface area (Å²) in [6.07, 6.45) is 1.71. The summed E-state index contributed by atoms with van der Waals surface area (Å²) < 4.78 is 19.7. The van der Waals surface area contributed by atoms with E-state index in [1.165, 1.54) is 12.1 Å². The second-order valence-corrected chi connectivity index (χ2v) is 4.92. The first kappa shape index (κ1) is 14.3. The van der Waals surface area contributed by atoms with Gasteiger partial charge in [0.15, 0.2) is 0 Å². The molecule has 0 saturated heterocycles. The molecule has 22 heavy (non-hydrogen) atoms. The van der Waals surface area contributed by atoms with Crippen molar-refractivity contribution in [2.45, 2.75) is 13.5 Å². The first-order chi connectivity index (χ1) is 10.7. The van der Waals surface area contributed by atoms with Crippen molar-refractivity contribution in [2.24, 2.45) is 0 Å². The van der Waals surface area contributed by atoms with E-state index in [0.29, 0.717) is 18.7 Å². The van der Waals surface area contributed by atoms with Crippen LogP contribution in [0.15, 0.2) is 48.7 Å². The van der Waals surface area contributed by atoms with E-state index in [9.17, 15) is 9.18 Å². The molecule has 0 aliphatic heterocycles. The summed E-state index contributed by atoms with van der Waals surface area (Å²) in [6.45, 7) is 2.67. The van der Waals surface area contributed by atoms with Crippen LogP contribution in [0.3, 0.4) is 0 Å². The summed E-state index contributed by atoms with van der Waals surface area (Å²) in [7, 11) is 0. The Labute approximate surface area is 127 Å². The number of esters is 1. The third-order valence-corrected chi connectivity index (χ3v) is 3.40. The second-order valence-electron chi connectivity index (χ2n) is 4.92. The van der Waals surface area contributed by atoms with Crippen LogP contribution in [0.5, 0.6) is 0 Å². The van der Waals surface area contributed by atoms with Gasteiger partial charge in [-0.3, -0.25) is 4.68 Å². The van der Waals surface area contributed by atoms with Gasteiger partial charge in [-0.1, -0.05) is 12.1 Å². The van der Waals surface area contributed by atoms with Gasteiger partial charge in [-0.15, -0.1) is 0 Å². The van der Waals surface area contributed by atoms with E-state index in [1.54, 1.807) is 37.4 Å². The van der Waals surface area contributed by atoms with E-state index >= 15 is 0 Å². The number of fused-ring (bicyclic) bond motifs is 1. The molecule has 4 nitrogen and oxygen atoms in total. The van der Waals surface area contributed by atoms with Crippen molar-refractivity contribution in [3.63, 3.8) is 0 Å². The zero-order chi connectivity index (χ0) is 15.5. The van der Waals surface area contributed by atoms with Crippen molar-refractivity contribution >= 4 is 16.9 Å². The average molecular weight is 298 g/mol. The Morgan fingerprint density at radius 1 is 1.23 bits per heavy atom. The number of carbonyl (C=O) groups is 1. The van der Waals surface area contributed by atoms with Gasteiger partial charge in [0.1, 0.15) is 5.82 Å². The maximum absolute atomic E-state index is 12.9. The molecule has 2 aromatic carbocycles. The summed E-state index contributed by atoms with van der Waals surface area (Å²) in [4.78, 5) is 11.7. The second kappa shape index (κ2) is 5.97. The van der Waals surface area contributed by atoms with Gasteiger partial charge in [-0.25, -0.2) is 9.18 Å². The Kier molecular flexibility index (Phi) is 3.87. The number of aromatic nitrogens is 2. The molecule has 0 N–H and O–H groups in total. The largest absolute Gasteiger partial charge is 0.462 e. The summed E-state index contributed by atoms with van der Waals surface area (Å²) in [6, 6.07) is 11.7. The molecule has 0 spiro atoms. The molecule has 0 bridgehead atoms. The summed E-state index contributed by atoms with van der Waals surface area (Å²) in [5.41, 5.74) is 2.38. The van der Waals surface area contributed by atoms with Crippen LogP contribution in [-0.2, 0) is 11.3 Å². The molecule has 5 heteroatoms. The van der Waals surface area contributed by atoms with E-state index in [1.807, 2.05) is 10.7 Å². The fourth-order valence-corrected chi connectivity index (χ4v) is 2.32. The van der Waals surface area contributed by atoms with Gasteiger partial charge < -0.3 is 4.74 Å². The smallest absolute Gasteiger partial charge is 0.338 e. The Balaban J connectivity index is 1.89. The minimum absolute atomic E-state index is 0.256. The van der Waals surface area contributed by atoms with Crippen molar-refractivity contribution in [3.05, 3.63) is 65.6 Å². The van der Waals surface area contributed by atoms with Gasteiger partial charge in [0.2, 0.25) is 0 Å². The zero-order valence-electron chi connectivity index (χ0n) is 12.1. The van der Waals surface area contributed by atoms with Crippen LogP contribution in [-0.4, -0.2) is 22.4 Å². The fraction of sp³-hybridized carbons (Fsp3) is 0.176. The first-order valence-electron chi connectivity index (χ1n) is 7.04. The zero-order valence-corrected chi connectivity index (χ0v) is 12.1. The summed E-state index contributed by atoms with van der Waals surface area (Å²) >= 11 is 0. The van der Waals surface area contributed by atoms with Gasteiger partial charge >= 0.3 is 5.97 Å². The predicted octanol–water partition coefficient (Wildman–Crippen LogP) is 3.40. The molecule has 0 saturated carbocycles. The Bertz CT molecular complexity index is 809. The first-order valence-corrected chi connectivity index (χ1v) is 7.04. The van der Waals surface area contributed by atoms with Crippen molar-refractivity contribution in [3.8, 4) is 0 Å². The normalized spacial score (nSPS) is 10.8. The maximum atomic E-state index is 12.9. The SMILES string of the molecule is CCOC(=O)c1ccc2c(cnn2Cc2ccc(F)cc2)c1. The van der Waals surface area contributed by atoms with Crippen LogP contribution in [0.2, 0.25) is 0 Å². The number of benzene rings is 2. The molecule has 0 aliphatic rings. The van der Waals surface area contributed by atoms with Crippen LogP contribution < -0.4 is 0 Å². The third kappa shape index (κ3) is 2.83. The molecule has 1 aromatic heterocycles. The Morgan fingerprint density at radius 3 is 2.73 bits per heavy atom. The molecular weight excluding hydrogens is 283 g/mol. The molecule has 0 fully saturated rings. The van der Waals surface area contributed by atoms with Gasteiger partial charge in [0, 0.05) is 5.39 Å². The number of hydrogen-bond donors (Lipinski definition) is 0. The fourth-order valence-electron chi connectivity index (χ4n) is 2.32. The minimum atomic E-state index is -0.337. The Morgan fingerprint density at radius 2 is 2.00 bits per heavy atom. The molecule has 3 rings (SSSR count). The molecule has 0 atom stereocenters. The van der Waals surface area contributed by atoms with Crippen LogP contribution in [0, 0.1) is 5.82 Å². The standard InChI is InChI=1S/C17H15FN2O2/c1-2-22-17(21)13-5-8-16-14(9-13)10-19-20(16)11-12-3-6-15(18)7-4-12/h3-10H,2,11H2,1H3. The van der Waals surface area contributed by atoms with Crippen molar-refractivity contribution in [1.29, 1.82) is 0 Å². The van der Waals surface area contributed by atoms with Crippen molar-refractivity contribution < 1.29 is 13.9 Å². The topological polar surface area (TPSA) is 44.1 Å². The lowest BCUT2D eigenvalue weighted by Crippen LogP contribution is -2.05. The van der Waals surface area contributed by atoms with Gasteiger partial charge in [0.25, 0.3) is 0 Å². The lowest BCUT2D eigenvalue weighted by molar-refractivity contribution is 0.0526. The van der Waals surface area contributed by atoms with E-state index in [0.717, 1.165) is 16.5 Å². The van der Waals surface area contributed by atoms with Gasteiger partial charge in [-0.05, 0) is 42.8 Å². The maximum Gasteiger partial charge on any atom is 0.338 e. The molecule has 112 valence electrons. The lowest BCUT2D eigenvalue weighted by atomic mass is 10.1. The molecule has 0 amide bonds. The number of nitrogens with zero attached hydrogens (tertiary/aromatic N) is 2. The van der Waals surface area contributed by atoms with Crippen LogP contribution in [0.4, 0.5) is 4.39 Å². The van der Waals surface area contributed by atoms with E-state index in [4.69, 9.17) is 4.74 Å². The highest BCUT2D eigenvalue weighted by Crippen LogP contribution is 2.18. The van der Waals surface area contributed by atoms with Crippen molar-refractivity contribution in [2.75, 3.05) is 6.61 Å². The molecule has 0 radical (unpaired) electrons. The molecule has 3 aromatic rings. The van der Waals surface area contributed by atoms with Crippen molar-refractivity contribution in [1.82, 2.24) is 9.78 Å². The van der Waals surface area contributed by atoms with Gasteiger partial charge in [-0.2, -0.15) is 5.10 Å². The minimum Gasteiger partial charge on any atom is -0.462 e. The summed E-state index contributed by atoms with van der Waals surface area (Å²) in [5, 5.41) is 5.20. The predicted molar refractivity (Wildman–Crippen MR) is 81.2 cm³/mol. The van der Waals surface area contributed by atoms with E-state index in [-0.39, 0.29) is 11.8 Å². The number of halogens is 1. The molecule has 0 aliphatic carbocycles. The highest BCUT2D eigenvalue weighted by atomic mass is 19.1. The molecule has 0 unspecified atom stereocenters. The number of rotatable bonds is 4. The average Bonchev–Trinajstić information content (AvgIpc) is 2.92. The summed E-state index contributed by atoms with van der Waals surface area (Å²) in [5.74, 6) is -0.594.